The highest BCUT2D eigenvalue weighted by atomic mass is 16.5. The molecule has 0 spiro atoms. The Hall–Kier alpha value is -0.790. The van der Waals surface area contributed by atoms with E-state index in [-0.39, 0.29) is 12.1 Å². The van der Waals surface area contributed by atoms with Crippen LogP contribution >= 0.6 is 0 Å². The van der Waals surface area contributed by atoms with Crippen molar-refractivity contribution in [1.29, 1.82) is 0 Å². The SMILES string of the molecule is C=C(C)[C@H]1CCC(C)[C@@H](OC(C)=O)C1. The van der Waals surface area contributed by atoms with Crippen molar-refractivity contribution in [3.63, 3.8) is 0 Å². The van der Waals surface area contributed by atoms with Gasteiger partial charge in [-0.3, -0.25) is 4.79 Å². The first kappa shape index (κ1) is 11.3. The van der Waals surface area contributed by atoms with Gasteiger partial charge in [-0.1, -0.05) is 19.1 Å². The highest BCUT2D eigenvalue weighted by Crippen LogP contribution is 2.34. The molecular weight excluding hydrogens is 176 g/mol. The Morgan fingerprint density at radius 2 is 2.00 bits per heavy atom. The summed E-state index contributed by atoms with van der Waals surface area (Å²) in [5.41, 5.74) is 1.22. The van der Waals surface area contributed by atoms with E-state index in [2.05, 4.69) is 20.4 Å². The molecular formula is C12H20O2. The molecule has 3 atom stereocenters. The van der Waals surface area contributed by atoms with E-state index >= 15 is 0 Å². The summed E-state index contributed by atoms with van der Waals surface area (Å²) in [6.45, 7) is 9.68. The molecule has 1 aliphatic carbocycles. The van der Waals surface area contributed by atoms with Crippen LogP contribution in [0.4, 0.5) is 0 Å². The second kappa shape index (κ2) is 4.63. The van der Waals surface area contributed by atoms with E-state index in [4.69, 9.17) is 4.74 Å². The van der Waals surface area contributed by atoms with E-state index < -0.39 is 0 Å². The molecule has 0 aromatic carbocycles. The Labute approximate surface area is 86.3 Å². The lowest BCUT2D eigenvalue weighted by molar-refractivity contribution is -0.151. The lowest BCUT2D eigenvalue weighted by Gasteiger charge is -2.33. The number of carbonyl (C=O) groups is 1. The minimum absolute atomic E-state index is 0.1000. The molecule has 1 aliphatic rings. The molecule has 0 aromatic heterocycles. The van der Waals surface area contributed by atoms with Gasteiger partial charge in [0.1, 0.15) is 6.10 Å². The van der Waals surface area contributed by atoms with Gasteiger partial charge in [-0.25, -0.2) is 0 Å². The molecule has 2 heteroatoms. The molecule has 0 bridgehead atoms. The Balaban J connectivity index is 2.55. The summed E-state index contributed by atoms with van der Waals surface area (Å²) in [6.07, 6.45) is 3.38. The van der Waals surface area contributed by atoms with Crippen molar-refractivity contribution in [1.82, 2.24) is 0 Å². The number of hydrogen-bond donors (Lipinski definition) is 0. The van der Waals surface area contributed by atoms with Gasteiger partial charge in [-0.15, -0.1) is 0 Å². The molecule has 1 saturated carbocycles. The van der Waals surface area contributed by atoms with Crippen LogP contribution < -0.4 is 0 Å². The minimum Gasteiger partial charge on any atom is -0.462 e. The zero-order chi connectivity index (χ0) is 10.7. The zero-order valence-corrected chi connectivity index (χ0v) is 9.38. The molecule has 0 amide bonds. The summed E-state index contributed by atoms with van der Waals surface area (Å²) in [4.78, 5) is 10.9. The predicted molar refractivity (Wildman–Crippen MR) is 56.9 cm³/mol. The molecule has 0 saturated heterocycles. The van der Waals surface area contributed by atoms with E-state index in [0.29, 0.717) is 11.8 Å². The minimum atomic E-state index is -0.163. The van der Waals surface area contributed by atoms with Gasteiger partial charge in [-0.2, -0.15) is 0 Å². The predicted octanol–water partition coefficient (Wildman–Crippen LogP) is 2.93. The maximum Gasteiger partial charge on any atom is 0.302 e. The van der Waals surface area contributed by atoms with Crippen LogP contribution in [0.3, 0.4) is 0 Å². The second-order valence-corrected chi connectivity index (χ2v) is 4.48. The highest BCUT2D eigenvalue weighted by molar-refractivity contribution is 5.66. The van der Waals surface area contributed by atoms with E-state index in [0.717, 1.165) is 12.8 Å². The summed E-state index contributed by atoms with van der Waals surface area (Å²) in [5.74, 6) is 0.870. The fourth-order valence-corrected chi connectivity index (χ4v) is 2.11. The summed E-state index contributed by atoms with van der Waals surface area (Å²) in [6, 6.07) is 0. The number of ether oxygens (including phenoxy) is 1. The smallest absolute Gasteiger partial charge is 0.302 e. The van der Waals surface area contributed by atoms with Crippen LogP contribution in [-0.2, 0) is 9.53 Å². The van der Waals surface area contributed by atoms with Crippen molar-refractivity contribution in [2.45, 2.75) is 46.1 Å². The average molecular weight is 196 g/mol. The quantitative estimate of drug-likeness (QED) is 0.501. The van der Waals surface area contributed by atoms with Crippen molar-refractivity contribution in [2.24, 2.45) is 11.8 Å². The largest absolute Gasteiger partial charge is 0.462 e. The van der Waals surface area contributed by atoms with Crippen LogP contribution in [0.1, 0.15) is 40.0 Å². The van der Waals surface area contributed by atoms with Crippen molar-refractivity contribution >= 4 is 5.97 Å². The van der Waals surface area contributed by atoms with Gasteiger partial charge in [0.05, 0.1) is 0 Å². The van der Waals surface area contributed by atoms with E-state index in [1.54, 1.807) is 0 Å². The van der Waals surface area contributed by atoms with Crippen LogP contribution in [0.25, 0.3) is 0 Å². The molecule has 1 fully saturated rings. The van der Waals surface area contributed by atoms with Crippen LogP contribution in [0.15, 0.2) is 12.2 Å². The lowest BCUT2D eigenvalue weighted by Crippen LogP contribution is -2.31. The molecule has 1 unspecified atom stereocenters. The normalized spacial score (nSPS) is 32.4. The monoisotopic (exact) mass is 196 g/mol. The first-order chi connectivity index (χ1) is 6.50. The van der Waals surface area contributed by atoms with E-state index in [9.17, 15) is 4.79 Å². The third kappa shape index (κ3) is 2.86. The van der Waals surface area contributed by atoms with E-state index in [1.807, 2.05) is 0 Å². The fourth-order valence-electron chi connectivity index (χ4n) is 2.11. The zero-order valence-electron chi connectivity index (χ0n) is 9.38. The Morgan fingerprint density at radius 1 is 1.36 bits per heavy atom. The van der Waals surface area contributed by atoms with Crippen molar-refractivity contribution in [2.75, 3.05) is 0 Å². The van der Waals surface area contributed by atoms with Crippen LogP contribution in [0.5, 0.6) is 0 Å². The summed E-state index contributed by atoms with van der Waals surface area (Å²) in [5, 5.41) is 0. The number of esters is 1. The third-order valence-electron chi connectivity index (χ3n) is 3.14. The standard InChI is InChI=1S/C12H20O2/c1-8(2)11-6-5-9(3)12(7-11)14-10(4)13/h9,11-12H,1,5-7H2,2-4H3/t9?,11-,12-/m0/s1. The first-order valence-corrected chi connectivity index (χ1v) is 5.33. The van der Waals surface area contributed by atoms with Gasteiger partial charge in [0, 0.05) is 6.92 Å². The maximum atomic E-state index is 10.9. The fraction of sp³-hybridized carbons (Fsp3) is 0.750. The van der Waals surface area contributed by atoms with Crippen LogP contribution in [0, 0.1) is 11.8 Å². The third-order valence-corrected chi connectivity index (χ3v) is 3.14. The maximum absolute atomic E-state index is 10.9. The van der Waals surface area contributed by atoms with Crippen molar-refractivity contribution in [3.8, 4) is 0 Å². The summed E-state index contributed by atoms with van der Waals surface area (Å²) < 4.78 is 5.30. The molecule has 0 heterocycles. The molecule has 80 valence electrons. The van der Waals surface area contributed by atoms with Crippen molar-refractivity contribution in [3.05, 3.63) is 12.2 Å². The highest BCUT2D eigenvalue weighted by Gasteiger charge is 2.29. The molecule has 0 radical (unpaired) electrons. The number of allylic oxidation sites excluding steroid dienone is 1. The number of carbonyl (C=O) groups excluding carboxylic acids is 1. The lowest BCUT2D eigenvalue weighted by atomic mass is 9.78. The Kier molecular flexibility index (Phi) is 3.73. The number of rotatable bonds is 2. The van der Waals surface area contributed by atoms with Crippen molar-refractivity contribution < 1.29 is 9.53 Å². The Morgan fingerprint density at radius 3 is 2.50 bits per heavy atom. The summed E-state index contributed by atoms with van der Waals surface area (Å²) in [7, 11) is 0. The van der Waals surface area contributed by atoms with Gasteiger partial charge in [0.25, 0.3) is 0 Å². The average Bonchev–Trinajstić information content (AvgIpc) is 2.07. The van der Waals surface area contributed by atoms with Gasteiger partial charge in [0.2, 0.25) is 0 Å². The molecule has 1 rings (SSSR count). The molecule has 2 nitrogen and oxygen atoms in total. The van der Waals surface area contributed by atoms with Crippen LogP contribution in [0.2, 0.25) is 0 Å². The molecule has 0 N–H and O–H groups in total. The summed E-state index contributed by atoms with van der Waals surface area (Å²) >= 11 is 0. The first-order valence-electron chi connectivity index (χ1n) is 5.33. The van der Waals surface area contributed by atoms with Gasteiger partial charge >= 0.3 is 5.97 Å². The van der Waals surface area contributed by atoms with Gasteiger partial charge in [-0.05, 0) is 38.0 Å². The molecule has 0 aliphatic heterocycles. The molecule has 14 heavy (non-hydrogen) atoms. The van der Waals surface area contributed by atoms with Gasteiger partial charge in [0.15, 0.2) is 0 Å². The Bertz CT molecular complexity index is 232. The second-order valence-electron chi connectivity index (χ2n) is 4.48. The van der Waals surface area contributed by atoms with Crippen LogP contribution in [-0.4, -0.2) is 12.1 Å². The van der Waals surface area contributed by atoms with E-state index in [1.165, 1.54) is 18.9 Å². The molecule has 0 aromatic rings. The number of hydrogen-bond acceptors (Lipinski definition) is 2. The topological polar surface area (TPSA) is 26.3 Å². The van der Waals surface area contributed by atoms with Gasteiger partial charge < -0.3 is 4.74 Å².